The SMILES string of the molecule is NNc1cc(C2CCCC2)nc(Cc2ccc(F)cc2)n1. The second kappa shape index (κ2) is 6.18. The Hall–Kier alpha value is -2.01. The van der Waals surface area contributed by atoms with Gasteiger partial charge in [0, 0.05) is 24.1 Å². The maximum Gasteiger partial charge on any atom is 0.143 e. The highest BCUT2D eigenvalue weighted by Gasteiger charge is 2.20. The minimum atomic E-state index is -0.233. The Morgan fingerprint density at radius 1 is 1.14 bits per heavy atom. The van der Waals surface area contributed by atoms with Crippen molar-refractivity contribution in [1.29, 1.82) is 0 Å². The minimum Gasteiger partial charge on any atom is -0.308 e. The molecule has 0 saturated heterocycles. The van der Waals surface area contributed by atoms with E-state index in [2.05, 4.69) is 15.4 Å². The lowest BCUT2D eigenvalue weighted by Crippen LogP contribution is -2.13. The van der Waals surface area contributed by atoms with Crippen LogP contribution in [0.1, 0.15) is 48.7 Å². The molecule has 21 heavy (non-hydrogen) atoms. The molecule has 0 aliphatic heterocycles. The summed E-state index contributed by atoms with van der Waals surface area (Å²) in [5.74, 6) is 7.15. The molecule has 1 aliphatic carbocycles. The number of halogens is 1. The van der Waals surface area contributed by atoms with Crippen molar-refractivity contribution in [1.82, 2.24) is 9.97 Å². The van der Waals surface area contributed by atoms with Crippen LogP contribution in [0.5, 0.6) is 0 Å². The number of hydrogen-bond donors (Lipinski definition) is 2. The van der Waals surface area contributed by atoms with Crippen molar-refractivity contribution in [3.63, 3.8) is 0 Å². The van der Waals surface area contributed by atoms with Gasteiger partial charge in [0.15, 0.2) is 0 Å². The summed E-state index contributed by atoms with van der Waals surface area (Å²) in [6.07, 6.45) is 5.45. The van der Waals surface area contributed by atoms with Crippen LogP contribution in [0.3, 0.4) is 0 Å². The maximum atomic E-state index is 13.0. The topological polar surface area (TPSA) is 63.8 Å². The molecule has 2 aromatic rings. The van der Waals surface area contributed by atoms with E-state index >= 15 is 0 Å². The van der Waals surface area contributed by atoms with Crippen LogP contribution in [0.2, 0.25) is 0 Å². The smallest absolute Gasteiger partial charge is 0.143 e. The van der Waals surface area contributed by atoms with Gasteiger partial charge < -0.3 is 5.43 Å². The molecule has 4 nitrogen and oxygen atoms in total. The Kier molecular flexibility index (Phi) is 4.10. The summed E-state index contributed by atoms with van der Waals surface area (Å²) in [5.41, 5.74) is 4.67. The van der Waals surface area contributed by atoms with Crippen molar-refractivity contribution < 1.29 is 4.39 Å². The number of rotatable bonds is 4. The van der Waals surface area contributed by atoms with Crippen molar-refractivity contribution in [3.8, 4) is 0 Å². The summed E-state index contributed by atoms with van der Waals surface area (Å²) in [5, 5.41) is 0. The number of benzene rings is 1. The van der Waals surface area contributed by atoms with E-state index in [4.69, 9.17) is 5.84 Å². The molecule has 110 valence electrons. The second-order valence-corrected chi connectivity index (χ2v) is 5.52. The van der Waals surface area contributed by atoms with Gasteiger partial charge in [-0.1, -0.05) is 25.0 Å². The molecule has 3 rings (SSSR count). The number of anilines is 1. The van der Waals surface area contributed by atoms with E-state index in [-0.39, 0.29) is 5.82 Å². The van der Waals surface area contributed by atoms with Crippen LogP contribution in [0.4, 0.5) is 10.2 Å². The number of nitrogens with one attached hydrogen (secondary N) is 1. The normalized spacial score (nSPS) is 15.3. The Bertz CT molecular complexity index is 606. The van der Waals surface area contributed by atoms with Crippen LogP contribution in [0.15, 0.2) is 30.3 Å². The van der Waals surface area contributed by atoms with Crippen molar-refractivity contribution in [3.05, 3.63) is 53.2 Å². The third kappa shape index (κ3) is 3.36. The first-order valence-electron chi connectivity index (χ1n) is 7.33. The van der Waals surface area contributed by atoms with Crippen LogP contribution >= 0.6 is 0 Å². The van der Waals surface area contributed by atoms with Gasteiger partial charge in [0.1, 0.15) is 17.5 Å². The fourth-order valence-electron chi connectivity index (χ4n) is 2.89. The van der Waals surface area contributed by atoms with Crippen molar-refractivity contribution in [2.75, 3.05) is 5.43 Å². The van der Waals surface area contributed by atoms with E-state index in [1.54, 1.807) is 12.1 Å². The largest absolute Gasteiger partial charge is 0.308 e. The number of nitrogens with zero attached hydrogens (tertiary/aromatic N) is 2. The fourth-order valence-corrected chi connectivity index (χ4v) is 2.89. The van der Waals surface area contributed by atoms with Gasteiger partial charge in [0.2, 0.25) is 0 Å². The highest BCUT2D eigenvalue weighted by molar-refractivity contribution is 5.36. The molecular formula is C16H19FN4. The number of hydrazine groups is 1. The van der Waals surface area contributed by atoms with Gasteiger partial charge >= 0.3 is 0 Å². The fraction of sp³-hybridized carbons (Fsp3) is 0.375. The van der Waals surface area contributed by atoms with Gasteiger partial charge in [0.25, 0.3) is 0 Å². The lowest BCUT2D eigenvalue weighted by molar-refractivity contribution is 0.627. The summed E-state index contributed by atoms with van der Waals surface area (Å²) in [7, 11) is 0. The van der Waals surface area contributed by atoms with E-state index in [0.717, 1.165) is 17.1 Å². The van der Waals surface area contributed by atoms with Gasteiger partial charge in [-0.15, -0.1) is 0 Å². The summed E-state index contributed by atoms with van der Waals surface area (Å²) in [4.78, 5) is 9.08. The zero-order valence-corrected chi connectivity index (χ0v) is 11.8. The van der Waals surface area contributed by atoms with Gasteiger partial charge in [-0.25, -0.2) is 20.2 Å². The van der Waals surface area contributed by atoms with E-state index < -0.39 is 0 Å². The predicted octanol–water partition coefficient (Wildman–Crippen LogP) is 3.15. The summed E-state index contributed by atoms with van der Waals surface area (Å²) in [6, 6.07) is 8.37. The molecule has 1 saturated carbocycles. The zero-order chi connectivity index (χ0) is 14.7. The minimum absolute atomic E-state index is 0.233. The molecular weight excluding hydrogens is 267 g/mol. The Labute approximate surface area is 123 Å². The summed E-state index contributed by atoms with van der Waals surface area (Å²) >= 11 is 0. The predicted molar refractivity (Wildman–Crippen MR) is 80.3 cm³/mol. The zero-order valence-electron chi connectivity index (χ0n) is 11.8. The summed E-state index contributed by atoms with van der Waals surface area (Å²) < 4.78 is 13.0. The molecule has 5 heteroatoms. The molecule has 1 heterocycles. The number of hydrogen-bond acceptors (Lipinski definition) is 4. The molecule has 0 spiro atoms. The van der Waals surface area contributed by atoms with E-state index in [9.17, 15) is 4.39 Å². The highest BCUT2D eigenvalue weighted by Crippen LogP contribution is 2.33. The van der Waals surface area contributed by atoms with Crippen LogP contribution in [-0.2, 0) is 6.42 Å². The van der Waals surface area contributed by atoms with Gasteiger partial charge in [-0.3, -0.25) is 0 Å². The molecule has 1 fully saturated rings. The lowest BCUT2D eigenvalue weighted by Gasteiger charge is -2.12. The Balaban J connectivity index is 1.86. The van der Waals surface area contributed by atoms with Crippen molar-refractivity contribution in [2.24, 2.45) is 5.84 Å². The number of nitrogen functional groups attached to an aromatic ring is 1. The molecule has 3 N–H and O–H groups in total. The Morgan fingerprint density at radius 3 is 2.52 bits per heavy atom. The molecule has 0 bridgehead atoms. The molecule has 0 radical (unpaired) electrons. The average molecular weight is 286 g/mol. The highest BCUT2D eigenvalue weighted by atomic mass is 19.1. The van der Waals surface area contributed by atoms with Crippen molar-refractivity contribution >= 4 is 5.82 Å². The molecule has 0 atom stereocenters. The van der Waals surface area contributed by atoms with Gasteiger partial charge in [-0.05, 0) is 30.5 Å². The average Bonchev–Trinajstić information content (AvgIpc) is 3.04. The third-order valence-corrected chi connectivity index (χ3v) is 3.99. The molecule has 1 aliphatic rings. The van der Waals surface area contributed by atoms with E-state index in [1.807, 2.05) is 6.07 Å². The van der Waals surface area contributed by atoms with Gasteiger partial charge in [-0.2, -0.15) is 0 Å². The molecule has 0 unspecified atom stereocenters. The summed E-state index contributed by atoms with van der Waals surface area (Å²) in [6.45, 7) is 0. The monoisotopic (exact) mass is 286 g/mol. The van der Waals surface area contributed by atoms with Crippen LogP contribution in [0, 0.1) is 5.82 Å². The first-order chi connectivity index (χ1) is 10.2. The van der Waals surface area contributed by atoms with Crippen LogP contribution in [-0.4, -0.2) is 9.97 Å². The first kappa shape index (κ1) is 13.9. The first-order valence-corrected chi connectivity index (χ1v) is 7.33. The third-order valence-electron chi connectivity index (χ3n) is 3.99. The van der Waals surface area contributed by atoms with E-state index in [0.29, 0.717) is 18.2 Å². The maximum absolute atomic E-state index is 13.0. The van der Waals surface area contributed by atoms with Crippen LogP contribution in [0.25, 0.3) is 0 Å². The number of nitrogens with two attached hydrogens (primary N) is 1. The van der Waals surface area contributed by atoms with Gasteiger partial charge in [0.05, 0.1) is 0 Å². The molecule has 0 amide bonds. The number of aromatic nitrogens is 2. The van der Waals surface area contributed by atoms with Crippen LogP contribution < -0.4 is 11.3 Å². The standard InChI is InChI=1S/C16H19FN4/c17-13-7-5-11(6-8-13)9-15-19-14(10-16(20-15)21-18)12-3-1-2-4-12/h5-8,10,12H,1-4,9,18H2,(H,19,20,21). The molecule has 1 aromatic carbocycles. The van der Waals surface area contributed by atoms with E-state index in [1.165, 1.54) is 37.8 Å². The second-order valence-electron chi connectivity index (χ2n) is 5.52. The lowest BCUT2D eigenvalue weighted by atomic mass is 10.0. The van der Waals surface area contributed by atoms with Crippen molar-refractivity contribution in [2.45, 2.75) is 38.0 Å². The quantitative estimate of drug-likeness (QED) is 0.669. The Morgan fingerprint density at radius 2 is 1.86 bits per heavy atom. The molecule has 1 aromatic heterocycles.